The molecule has 0 fully saturated rings. The van der Waals surface area contributed by atoms with Gasteiger partial charge in [0, 0.05) is 6.08 Å². The van der Waals surface area contributed by atoms with Crippen LogP contribution in [0.5, 0.6) is 0 Å². The van der Waals surface area contributed by atoms with Gasteiger partial charge in [-0.2, -0.15) is 0 Å². The molecule has 3 nitrogen and oxygen atoms in total. The first kappa shape index (κ1) is 13.0. The second kappa shape index (κ2) is 8.60. The Labute approximate surface area is 93.5 Å². The minimum absolute atomic E-state index is 0.898. The van der Waals surface area contributed by atoms with Gasteiger partial charge in [-0.3, -0.25) is 0 Å². The summed E-state index contributed by atoms with van der Waals surface area (Å²) in [6, 6.07) is 9.31. The Morgan fingerprint density at radius 1 is 1.43 bits per heavy atom. The number of carbonyl (C=O) groups is 1. The molecule has 0 saturated heterocycles. The summed E-state index contributed by atoms with van der Waals surface area (Å²) in [5, 5.41) is 8.29. The van der Waals surface area contributed by atoms with Crippen molar-refractivity contribution in [3.05, 3.63) is 42.0 Å². The zero-order chi connectivity index (χ0) is 10.8. The van der Waals surface area contributed by atoms with Gasteiger partial charge in [-0.05, 0) is 11.6 Å². The van der Waals surface area contributed by atoms with Crippen LogP contribution in [0.25, 0.3) is 6.08 Å². The van der Waals surface area contributed by atoms with E-state index in [0.29, 0.717) is 0 Å². The monoisotopic (exact) mass is 243 g/mol. The molecule has 0 atom stereocenters. The number of carboxylic acid groups (broad SMARTS) is 1. The number of aliphatic carboxylic acids is 1. The molecule has 14 heavy (non-hydrogen) atoms. The Morgan fingerprint density at radius 2 is 1.93 bits per heavy atom. The van der Waals surface area contributed by atoms with Crippen molar-refractivity contribution in [3.8, 4) is 0 Å². The number of hydrogen-bond donors (Lipinski definition) is 1. The van der Waals surface area contributed by atoms with Crippen molar-refractivity contribution in [2.75, 3.05) is 7.11 Å². The maximum Gasteiger partial charge on any atom is 0.328 e. The van der Waals surface area contributed by atoms with E-state index in [1.807, 2.05) is 30.3 Å². The first-order chi connectivity index (χ1) is 6.70. The van der Waals surface area contributed by atoms with E-state index < -0.39 is 5.97 Å². The van der Waals surface area contributed by atoms with Crippen LogP contribution in [0.1, 0.15) is 5.56 Å². The normalized spacial score (nSPS) is 9.36. The fourth-order valence-electron chi connectivity index (χ4n) is 0.732. The third-order valence-corrected chi connectivity index (χ3v) is 1.22. The van der Waals surface area contributed by atoms with Crippen LogP contribution in [-0.2, 0) is 27.0 Å². The van der Waals surface area contributed by atoms with Crippen LogP contribution in [0.4, 0.5) is 0 Å². The average Bonchev–Trinajstić information content (AvgIpc) is 2.18. The number of rotatable bonds is 2. The summed E-state index contributed by atoms with van der Waals surface area (Å²) in [5.74, 6) is -0.922. The van der Waals surface area contributed by atoms with Crippen molar-refractivity contribution in [3.63, 3.8) is 0 Å². The van der Waals surface area contributed by atoms with Crippen molar-refractivity contribution in [1.29, 1.82) is 0 Å². The van der Waals surface area contributed by atoms with E-state index in [9.17, 15) is 4.79 Å². The molecule has 0 spiro atoms. The summed E-state index contributed by atoms with van der Waals surface area (Å²) < 4.78 is 4.38. The maximum atomic E-state index is 10.1. The van der Waals surface area contributed by atoms with E-state index in [4.69, 9.17) is 5.11 Å². The molecule has 0 aliphatic heterocycles. The molecule has 71 valence electrons. The molecule has 0 aliphatic carbocycles. The summed E-state index contributed by atoms with van der Waals surface area (Å²) in [5.41, 5.74) is 0.898. The molecular formula is C10H11O3Zn. The van der Waals surface area contributed by atoms with E-state index in [0.717, 1.165) is 30.3 Å². The predicted molar refractivity (Wildman–Crippen MR) is 50.1 cm³/mol. The van der Waals surface area contributed by atoms with Crippen molar-refractivity contribution in [2.45, 2.75) is 0 Å². The fourth-order valence-corrected chi connectivity index (χ4v) is 0.732. The maximum absolute atomic E-state index is 10.1. The van der Waals surface area contributed by atoms with Gasteiger partial charge in [0.2, 0.25) is 0 Å². The number of hydrogen-bond acceptors (Lipinski definition) is 2. The molecule has 0 radical (unpaired) electrons. The molecule has 0 amide bonds. The van der Waals surface area contributed by atoms with E-state index in [2.05, 4.69) is 3.56 Å². The second-order valence-electron chi connectivity index (χ2n) is 2.37. The van der Waals surface area contributed by atoms with Crippen LogP contribution in [0.3, 0.4) is 0 Å². The van der Waals surface area contributed by atoms with Crippen LogP contribution in [0.2, 0.25) is 0 Å². The molecule has 0 unspecified atom stereocenters. The molecule has 1 aromatic rings. The van der Waals surface area contributed by atoms with E-state index in [-0.39, 0.29) is 0 Å². The molecule has 0 aromatic heterocycles. The Kier molecular flexibility index (Phi) is 8.00. The Bertz CT molecular complexity index is 283. The molecule has 1 aromatic carbocycles. The number of benzene rings is 1. The van der Waals surface area contributed by atoms with Crippen molar-refractivity contribution in [2.24, 2.45) is 0 Å². The predicted octanol–water partition coefficient (Wildman–Crippen LogP) is 1.88. The van der Waals surface area contributed by atoms with Crippen LogP contribution in [0, 0.1) is 0 Å². The topological polar surface area (TPSA) is 46.5 Å². The summed E-state index contributed by atoms with van der Waals surface area (Å²) >= 11 is 0.944. The zero-order valence-electron chi connectivity index (χ0n) is 8.01. The van der Waals surface area contributed by atoms with Crippen LogP contribution < -0.4 is 0 Å². The van der Waals surface area contributed by atoms with E-state index in [1.165, 1.54) is 0 Å². The fraction of sp³-hybridized carbons (Fsp3) is 0.100. The van der Waals surface area contributed by atoms with Gasteiger partial charge >= 0.3 is 35.3 Å². The first-order valence-corrected chi connectivity index (χ1v) is 5.16. The Morgan fingerprint density at radius 3 is 2.36 bits per heavy atom. The first-order valence-electron chi connectivity index (χ1n) is 3.95. The zero-order valence-corrected chi connectivity index (χ0v) is 11.0. The third-order valence-electron chi connectivity index (χ3n) is 1.22. The van der Waals surface area contributed by atoms with Gasteiger partial charge in [0.1, 0.15) is 0 Å². The summed E-state index contributed by atoms with van der Waals surface area (Å²) in [4.78, 5) is 10.1. The quantitative estimate of drug-likeness (QED) is 0.638. The van der Waals surface area contributed by atoms with E-state index in [1.54, 1.807) is 13.2 Å². The molecule has 0 saturated carbocycles. The molecule has 1 rings (SSSR count). The third kappa shape index (κ3) is 7.65. The standard InChI is InChI=1S/C9H8O2.CH3O.Zn/c10-9(11)7-6-8-4-2-1-3-5-8;1-2;/h1-7H,(H,10,11);1H3;/q;-1;+1. The SMILES string of the molecule is C[O][Zn].O=C(O)C=Cc1ccccc1. The van der Waals surface area contributed by atoms with Gasteiger partial charge < -0.3 is 5.11 Å². The minimum Gasteiger partial charge on any atom is -0.478 e. The summed E-state index contributed by atoms with van der Waals surface area (Å²) in [6.07, 6.45) is 2.68. The van der Waals surface area contributed by atoms with Gasteiger partial charge in [0.25, 0.3) is 0 Å². The molecule has 1 N–H and O–H groups in total. The van der Waals surface area contributed by atoms with Gasteiger partial charge in [-0.15, -0.1) is 0 Å². The summed E-state index contributed by atoms with van der Waals surface area (Å²) in [6.45, 7) is 0. The van der Waals surface area contributed by atoms with Gasteiger partial charge in [-0.25, -0.2) is 4.79 Å². The second-order valence-corrected chi connectivity index (χ2v) is 3.58. The Balaban J connectivity index is 0.000000500. The number of carboxylic acids is 1. The van der Waals surface area contributed by atoms with Crippen molar-refractivity contribution >= 4 is 12.0 Å². The molecule has 0 bridgehead atoms. The molecular weight excluding hydrogens is 233 g/mol. The van der Waals surface area contributed by atoms with Crippen molar-refractivity contribution in [1.82, 2.24) is 0 Å². The van der Waals surface area contributed by atoms with Crippen LogP contribution >= 0.6 is 0 Å². The van der Waals surface area contributed by atoms with E-state index >= 15 is 0 Å². The van der Waals surface area contributed by atoms with Crippen LogP contribution in [0.15, 0.2) is 36.4 Å². The molecule has 0 heterocycles. The minimum atomic E-state index is -0.922. The largest absolute Gasteiger partial charge is 0.478 e. The molecule has 4 heteroatoms. The smallest absolute Gasteiger partial charge is 0.328 e. The molecule has 0 aliphatic rings. The van der Waals surface area contributed by atoms with Crippen molar-refractivity contribution < 1.29 is 32.1 Å². The van der Waals surface area contributed by atoms with Gasteiger partial charge in [0.15, 0.2) is 0 Å². The van der Waals surface area contributed by atoms with Crippen LogP contribution in [-0.4, -0.2) is 18.2 Å². The average molecular weight is 245 g/mol. The van der Waals surface area contributed by atoms with Gasteiger partial charge in [-0.1, -0.05) is 30.3 Å². The summed E-state index contributed by atoms with van der Waals surface area (Å²) in [7, 11) is 1.68. The van der Waals surface area contributed by atoms with Gasteiger partial charge in [0.05, 0.1) is 0 Å². The Hall–Kier alpha value is -0.987.